The molecule has 1 rings (SSSR count). The van der Waals surface area contributed by atoms with Gasteiger partial charge in [0.15, 0.2) is 0 Å². The maximum absolute atomic E-state index is 9.13. The van der Waals surface area contributed by atoms with Crippen molar-refractivity contribution in [3.8, 4) is 5.75 Å². The molecular weight excluding hydrogens is 356 g/mol. The van der Waals surface area contributed by atoms with Crippen LogP contribution in [0.3, 0.4) is 0 Å². The molecule has 0 atom stereocenters. The number of nitrogen functional groups attached to an aromatic ring is 1. The van der Waals surface area contributed by atoms with Crippen LogP contribution in [0.4, 0.5) is 5.69 Å². The number of phenols is 1. The van der Waals surface area contributed by atoms with Crippen molar-refractivity contribution in [1.82, 2.24) is 0 Å². The van der Waals surface area contributed by atoms with E-state index < -0.39 is 0 Å². The molecular formula is C6H5I2NO. The molecule has 10 heavy (non-hydrogen) atoms. The highest BCUT2D eigenvalue weighted by Crippen LogP contribution is 2.26. The van der Waals surface area contributed by atoms with Crippen LogP contribution < -0.4 is 5.73 Å². The number of hydrogen-bond donors (Lipinski definition) is 2. The van der Waals surface area contributed by atoms with Gasteiger partial charge in [-0.25, -0.2) is 0 Å². The summed E-state index contributed by atoms with van der Waals surface area (Å²) in [4.78, 5) is 0. The van der Waals surface area contributed by atoms with Crippen LogP contribution in [0, 0.1) is 7.14 Å². The van der Waals surface area contributed by atoms with Gasteiger partial charge in [-0.15, -0.1) is 0 Å². The summed E-state index contributed by atoms with van der Waals surface area (Å²) in [7, 11) is 0. The summed E-state index contributed by atoms with van der Waals surface area (Å²) in [6.07, 6.45) is 0. The normalized spacial score (nSPS) is 9.80. The van der Waals surface area contributed by atoms with E-state index >= 15 is 0 Å². The largest absolute Gasteiger partial charge is 0.507 e. The Balaban J connectivity index is 3.28. The lowest BCUT2D eigenvalue weighted by molar-refractivity contribution is 0.471. The fourth-order valence-electron chi connectivity index (χ4n) is 0.554. The first-order valence-corrected chi connectivity index (χ1v) is 4.70. The molecule has 4 heteroatoms. The topological polar surface area (TPSA) is 46.2 Å². The standard InChI is InChI=1S/C6H5I2NO/c7-3-1-4(8)6(10)2-5(3)9/h1-2,10H,9H2. The van der Waals surface area contributed by atoms with Crippen molar-refractivity contribution in [2.75, 3.05) is 5.73 Å². The van der Waals surface area contributed by atoms with Crippen LogP contribution in [0.25, 0.3) is 0 Å². The molecule has 0 aromatic heterocycles. The molecule has 0 heterocycles. The molecule has 0 amide bonds. The lowest BCUT2D eigenvalue weighted by Crippen LogP contribution is -1.89. The number of rotatable bonds is 0. The second kappa shape index (κ2) is 3.12. The van der Waals surface area contributed by atoms with Crippen molar-refractivity contribution in [2.24, 2.45) is 0 Å². The van der Waals surface area contributed by atoms with Gasteiger partial charge in [-0.3, -0.25) is 0 Å². The molecule has 0 saturated heterocycles. The van der Waals surface area contributed by atoms with Crippen LogP contribution >= 0.6 is 45.2 Å². The average Bonchev–Trinajstić information content (AvgIpc) is 1.84. The molecule has 0 spiro atoms. The zero-order chi connectivity index (χ0) is 7.72. The molecule has 1 aromatic carbocycles. The van der Waals surface area contributed by atoms with Gasteiger partial charge in [0.05, 0.1) is 3.57 Å². The predicted molar refractivity (Wildman–Crippen MR) is 58.0 cm³/mol. The van der Waals surface area contributed by atoms with Crippen molar-refractivity contribution in [2.45, 2.75) is 0 Å². The maximum Gasteiger partial charge on any atom is 0.131 e. The lowest BCUT2D eigenvalue weighted by atomic mass is 10.3. The number of hydrogen-bond acceptors (Lipinski definition) is 2. The first-order valence-electron chi connectivity index (χ1n) is 2.54. The average molecular weight is 361 g/mol. The monoisotopic (exact) mass is 361 g/mol. The van der Waals surface area contributed by atoms with Gasteiger partial charge in [-0.05, 0) is 51.2 Å². The maximum atomic E-state index is 9.13. The van der Waals surface area contributed by atoms with Crippen molar-refractivity contribution in [3.63, 3.8) is 0 Å². The van der Waals surface area contributed by atoms with Gasteiger partial charge in [-0.1, -0.05) is 0 Å². The van der Waals surface area contributed by atoms with Crippen molar-refractivity contribution < 1.29 is 5.11 Å². The highest BCUT2D eigenvalue weighted by molar-refractivity contribution is 14.1. The summed E-state index contributed by atoms with van der Waals surface area (Å²) < 4.78 is 1.80. The summed E-state index contributed by atoms with van der Waals surface area (Å²) in [6.45, 7) is 0. The summed E-state index contributed by atoms with van der Waals surface area (Å²) in [5, 5.41) is 9.13. The second-order valence-electron chi connectivity index (χ2n) is 1.83. The van der Waals surface area contributed by atoms with Crippen LogP contribution in [0.1, 0.15) is 0 Å². The number of phenolic OH excluding ortho intramolecular Hbond substituents is 1. The summed E-state index contributed by atoms with van der Waals surface area (Å²) in [5.74, 6) is 0.249. The third-order valence-corrected chi connectivity index (χ3v) is 2.86. The molecule has 2 nitrogen and oxygen atoms in total. The Bertz CT molecular complexity index is 212. The Hall–Kier alpha value is 0.280. The summed E-state index contributed by atoms with van der Waals surface area (Å²) in [5.41, 5.74) is 6.14. The minimum absolute atomic E-state index is 0.249. The smallest absolute Gasteiger partial charge is 0.131 e. The van der Waals surface area contributed by atoms with Gasteiger partial charge in [-0.2, -0.15) is 0 Å². The second-order valence-corrected chi connectivity index (χ2v) is 4.15. The van der Waals surface area contributed by atoms with E-state index in [4.69, 9.17) is 10.8 Å². The molecule has 0 saturated carbocycles. The van der Waals surface area contributed by atoms with E-state index in [0.717, 1.165) is 7.14 Å². The number of halogens is 2. The summed E-state index contributed by atoms with van der Waals surface area (Å²) in [6, 6.07) is 3.40. The van der Waals surface area contributed by atoms with Crippen LogP contribution in [-0.4, -0.2) is 5.11 Å². The van der Waals surface area contributed by atoms with E-state index in [9.17, 15) is 0 Å². The number of nitrogens with two attached hydrogens (primary N) is 1. The predicted octanol–water partition coefficient (Wildman–Crippen LogP) is 2.18. The molecule has 0 aliphatic carbocycles. The number of aromatic hydroxyl groups is 1. The van der Waals surface area contributed by atoms with Crippen LogP contribution in [0.15, 0.2) is 12.1 Å². The fraction of sp³-hybridized carbons (Fsp3) is 0. The molecule has 0 bridgehead atoms. The Morgan fingerprint density at radius 2 is 1.80 bits per heavy atom. The molecule has 0 aliphatic heterocycles. The molecule has 0 aliphatic rings. The Morgan fingerprint density at radius 1 is 1.20 bits per heavy atom. The molecule has 0 unspecified atom stereocenters. The molecule has 0 fully saturated rings. The van der Waals surface area contributed by atoms with Crippen molar-refractivity contribution >= 4 is 50.9 Å². The third kappa shape index (κ3) is 1.66. The summed E-state index contributed by atoms with van der Waals surface area (Å²) >= 11 is 4.18. The van der Waals surface area contributed by atoms with E-state index in [1.807, 2.05) is 6.07 Å². The zero-order valence-corrected chi connectivity index (χ0v) is 9.25. The minimum Gasteiger partial charge on any atom is -0.507 e. The third-order valence-electron chi connectivity index (χ3n) is 1.07. The Morgan fingerprint density at radius 3 is 2.30 bits per heavy atom. The van der Waals surface area contributed by atoms with Crippen LogP contribution in [-0.2, 0) is 0 Å². The number of anilines is 1. The van der Waals surface area contributed by atoms with Crippen LogP contribution in [0.5, 0.6) is 5.75 Å². The van der Waals surface area contributed by atoms with E-state index in [1.54, 1.807) is 6.07 Å². The fourth-order valence-corrected chi connectivity index (χ4v) is 2.08. The molecule has 1 aromatic rings. The highest BCUT2D eigenvalue weighted by Gasteiger charge is 2.00. The van der Waals surface area contributed by atoms with E-state index in [1.165, 1.54) is 0 Å². The van der Waals surface area contributed by atoms with Gasteiger partial charge in [0, 0.05) is 15.3 Å². The first kappa shape index (κ1) is 8.38. The van der Waals surface area contributed by atoms with Gasteiger partial charge in [0.2, 0.25) is 0 Å². The van der Waals surface area contributed by atoms with Gasteiger partial charge in [0.25, 0.3) is 0 Å². The van der Waals surface area contributed by atoms with Crippen molar-refractivity contribution in [1.29, 1.82) is 0 Å². The quantitative estimate of drug-likeness (QED) is 0.550. The van der Waals surface area contributed by atoms with E-state index in [0.29, 0.717) is 5.69 Å². The van der Waals surface area contributed by atoms with Gasteiger partial charge in [0.1, 0.15) is 5.75 Å². The van der Waals surface area contributed by atoms with Gasteiger partial charge < -0.3 is 10.8 Å². The van der Waals surface area contributed by atoms with E-state index in [2.05, 4.69) is 45.2 Å². The number of benzene rings is 1. The zero-order valence-electron chi connectivity index (χ0n) is 4.94. The molecule has 0 radical (unpaired) electrons. The SMILES string of the molecule is Nc1cc(O)c(I)cc1I. The lowest BCUT2D eigenvalue weighted by Gasteiger charge is -2.00. The van der Waals surface area contributed by atoms with Crippen molar-refractivity contribution in [3.05, 3.63) is 19.3 Å². The molecule has 3 N–H and O–H groups in total. The minimum atomic E-state index is 0.249. The Kier molecular flexibility index (Phi) is 2.61. The van der Waals surface area contributed by atoms with E-state index in [-0.39, 0.29) is 5.75 Å². The molecule has 54 valence electrons. The highest BCUT2D eigenvalue weighted by atomic mass is 127. The van der Waals surface area contributed by atoms with Crippen LogP contribution in [0.2, 0.25) is 0 Å². The first-order chi connectivity index (χ1) is 4.61. The Labute approximate surface area is 86.1 Å². The van der Waals surface area contributed by atoms with Gasteiger partial charge >= 0.3 is 0 Å².